The van der Waals surface area contributed by atoms with Gasteiger partial charge in [-0.25, -0.2) is 4.90 Å². The van der Waals surface area contributed by atoms with Crippen LogP contribution >= 0.6 is 11.6 Å². The third-order valence-corrected chi connectivity index (χ3v) is 6.43. The molecule has 1 fully saturated rings. The van der Waals surface area contributed by atoms with Gasteiger partial charge in [-0.1, -0.05) is 11.6 Å². The molecule has 0 aliphatic carbocycles. The zero-order valence-electron chi connectivity index (χ0n) is 19.3. The van der Waals surface area contributed by atoms with Gasteiger partial charge in [-0.15, -0.1) is 0 Å². The summed E-state index contributed by atoms with van der Waals surface area (Å²) in [6.45, 7) is 3.60. The van der Waals surface area contributed by atoms with Crippen molar-refractivity contribution >= 4 is 29.1 Å². The van der Waals surface area contributed by atoms with Gasteiger partial charge in [-0.2, -0.15) is 0 Å². The second-order valence-electron chi connectivity index (χ2n) is 8.44. The minimum Gasteiger partial charge on any atom is -0.493 e. The molecule has 0 aromatic heterocycles. The maximum Gasteiger partial charge on any atom is 0.266 e. The van der Waals surface area contributed by atoms with Crippen molar-refractivity contribution in [3.63, 3.8) is 0 Å². The van der Waals surface area contributed by atoms with Gasteiger partial charge in [0.05, 0.1) is 23.9 Å². The summed E-state index contributed by atoms with van der Waals surface area (Å²) < 4.78 is 17.2. The number of hydrogen-bond donors (Lipinski definition) is 0. The summed E-state index contributed by atoms with van der Waals surface area (Å²) >= 11 is 5.92. The topological polar surface area (TPSA) is 68.3 Å². The van der Waals surface area contributed by atoms with Crippen LogP contribution in [-0.4, -0.2) is 50.1 Å². The molecule has 180 valence electrons. The lowest BCUT2D eigenvalue weighted by atomic mass is 10.1. The maximum atomic E-state index is 13.2. The van der Waals surface area contributed by atoms with Crippen molar-refractivity contribution in [2.75, 3.05) is 38.3 Å². The number of nitrogens with zero attached hydrogens (tertiary/aromatic N) is 2. The summed E-state index contributed by atoms with van der Waals surface area (Å²) in [4.78, 5) is 29.8. The van der Waals surface area contributed by atoms with E-state index >= 15 is 0 Å². The van der Waals surface area contributed by atoms with E-state index in [1.165, 1.54) is 20.0 Å². The monoisotopic (exact) mass is 492 g/mol. The van der Waals surface area contributed by atoms with Gasteiger partial charge in [0.25, 0.3) is 11.8 Å². The van der Waals surface area contributed by atoms with E-state index in [2.05, 4.69) is 4.90 Å². The summed E-state index contributed by atoms with van der Waals surface area (Å²) in [6.07, 6.45) is 2.46. The number of benzene rings is 3. The third kappa shape index (κ3) is 4.83. The normalized spacial score (nSPS) is 15.4. The van der Waals surface area contributed by atoms with Crippen LogP contribution in [0.5, 0.6) is 23.0 Å². The number of carbonyl (C=O) groups is 2. The number of likely N-dealkylation sites (tertiary alicyclic amines) is 1. The third-order valence-electron chi connectivity index (χ3n) is 6.18. The number of hydrogen-bond acceptors (Lipinski definition) is 6. The molecule has 8 heteroatoms. The second kappa shape index (κ2) is 9.98. The predicted molar refractivity (Wildman–Crippen MR) is 133 cm³/mol. The Morgan fingerprint density at radius 1 is 0.829 bits per heavy atom. The Hall–Kier alpha value is -3.55. The van der Waals surface area contributed by atoms with Gasteiger partial charge in [0.15, 0.2) is 11.5 Å². The highest BCUT2D eigenvalue weighted by molar-refractivity contribution is 6.34. The molecular formula is C27H25ClN2O5. The van der Waals surface area contributed by atoms with Crippen LogP contribution in [0.25, 0.3) is 0 Å². The first kappa shape index (κ1) is 23.2. The van der Waals surface area contributed by atoms with Gasteiger partial charge in [0.1, 0.15) is 18.1 Å². The summed E-state index contributed by atoms with van der Waals surface area (Å²) in [5, 5.41) is 0.598. The van der Waals surface area contributed by atoms with Crippen molar-refractivity contribution in [1.29, 1.82) is 0 Å². The van der Waals surface area contributed by atoms with Crippen LogP contribution in [-0.2, 0) is 0 Å². The van der Waals surface area contributed by atoms with Crippen LogP contribution in [0, 0.1) is 0 Å². The molecular weight excluding hydrogens is 468 g/mol. The Morgan fingerprint density at radius 2 is 1.54 bits per heavy atom. The van der Waals surface area contributed by atoms with Gasteiger partial charge in [0, 0.05) is 17.6 Å². The van der Waals surface area contributed by atoms with E-state index < -0.39 is 11.8 Å². The van der Waals surface area contributed by atoms with Crippen molar-refractivity contribution in [2.24, 2.45) is 0 Å². The van der Waals surface area contributed by atoms with E-state index in [0.717, 1.165) is 24.5 Å². The molecule has 35 heavy (non-hydrogen) atoms. The molecule has 0 spiro atoms. The molecule has 1 saturated heterocycles. The molecule has 3 aromatic rings. The molecule has 2 aliphatic heterocycles. The zero-order valence-corrected chi connectivity index (χ0v) is 20.1. The van der Waals surface area contributed by atoms with Gasteiger partial charge >= 0.3 is 0 Å². The van der Waals surface area contributed by atoms with Crippen LogP contribution < -0.4 is 19.1 Å². The smallest absolute Gasteiger partial charge is 0.266 e. The highest BCUT2D eigenvalue weighted by atomic mass is 35.5. The minimum atomic E-state index is -0.420. The first-order chi connectivity index (χ1) is 17.0. The van der Waals surface area contributed by atoms with Gasteiger partial charge in [-0.3, -0.25) is 14.5 Å². The first-order valence-electron chi connectivity index (χ1n) is 11.5. The van der Waals surface area contributed by atoms with Crippen LogP contribution in [0.3, 0.4) is 0 Å². The number of fused-ring (bicyclic) bond motifs is 1. The fraction of sp³-hybridized carbons (Fsp3) is 0.259. The molecule has 0 N–H and O–H groups in total. The van der Waals surface area contributed by atoms with E-state index in [9.17, 15) is 9.59 Å². The molecule has 5 rings (SSSR count). The molecule has 0 saturated carbocycles. The average Bonchev–Trinajstić information content (AvgIpc) is 3.47. The number of carbonyl (C=O) groups excluding carboxylic acids is 2. The quantitative estimate of drug-likeness (QED) is 0.391. The molecule has 0 bridgehead atoms. The number of methoxy groups -OCH3 is 1. The summed E-state index contributed by atoms with van der Waals surface area (Å²) in [5.74, 6) is 1.25. The largest absolute Gasteiger partial charge is 0.493 e. The lowest BCUT2D eigenvalue weighted by Gasteiger charge is -2.18. The van der Waals surface area contributed by atoms with Crippen molar-refractivity contribution in [3.8, 4) is 23.0 Å². The molecule has 2 aliphatic rings. The van der Waals surface area contributed by atoms with Crippen molar-refractivity contribution < 1.29 is 23.8 Å². The van der Waals surface area contributed by atoms with Crippen LogP contribution in [0.4, 0.5) is 5.69 Å². The Labute approximate surface area is 208 Å². The standard InChI is InChI=1S/C27H25ClN2O5/c1-33-25-16-19(6-11-24(25)34-15-14-29-12-2-3-13-29)30-26(31)22-10-9-21(17-23(22)27(30)32)35-20-7-4-18(28)5-8-20/h4-11,16-17H,2-3,12-15H2,1H3. The first-order valence-corrected chi connectivity index (χ1v) is 11.9. The lowest BCUT2D eigenvalue weighted by molar-refractivity contribution is 0.0926. The van der Waals surface area contributed by atoms with E-state index in [1.54, 1.807) is 60.7 Å². The van der Waals surface area contributed by atoms with Crippen LogP contribution in [0.1, 0.15) is 33.6 Å². The Kier molecular flexibility index (Phi) is 6.61. The lowest BCUT2D eigenvalue weighted by Crippen LogP contribution is -2.29. The number of halogens is 1. The summed E-state index contributed by atoms with van der Waals surface area (Å²) in [6, 6.07) is 16.8. The number of rotatable bonds is 8. The van der Waals surface area contributed by atoms with Gasteiger partial charge in [0.2, 0.25) is 0 Å². The van der Waals surface area contributed by atoms with E-state index in [-0.39, 0.29) is 5.56 Å². The summed E-state index contributed by atoms with van der Waals surface area (Å²) in [5.41, 5.74) is 1.02. The number of anilines is 1. The Morgan fingerprint density at radius 3 is 2.29 bits per heavy atom. The fourth-order valence-electron chi connectivity index (χ4n) is 4.36. The molecule has 7 nitrogen and oxygen atoms in total. The van der Waals surface area contributed by atoms with Gasteiger partial charge < -0.3 is 14.2 Å². The number of imide groups is 1. The second-order valence-corrected chi connectivity index (χ2v) is 8.88. The average molecular weight is 493 g/mol. The predicted octanol–water partition coefficient (Wildman–Crippen LogP) is 5.42. The minimum absolute atomic E-state index is 0.284. The van der Waals surface area contributed by atoms with Gasteiger partial charge in [-0.05, 0) is 80.5 Å². The van der Waals surface area contributed by atoms with Crippen molar-refractivity contribution in [1.82, 2.24) is 4.90 Å². The molecule has 3 aromatic carbocycles. The SMILES string of the molecule is COc1cc(N2C(=O)c3ccc(Oc4ccc(Cl)cc4)cc3C2=O)ccc1OCCN1CCCC1. The molecule has 0 atom stereocenters. The maximum absolute atomic E-state index is 13.2. The highest BCUT2D eigenvalue weighted by Gasteiger charge is 2.37. The fourth-order valence-corrected chi connectivity index (χ4v) is 4.49. The molecule has 2 amide bonds. The summed E-state index contributed by atoms with van der Waals surface area (Å²) in [7, 11) is 1.54. The molecule has 0 radical (unpaired) electrons. The molecule has 0 unspecified atom stereocenters. The van der Waals surface area contributed by atoms with Crippen LogP contribution in [0.2, 0.25) is 5.02 Å². The number of amides is 2. The zero-order chi connectivity index (χ0) is 24.4. The van der Waals surface area contributed by atoms with Crippen molar-refractivity contribution in [2.45, 2.75) is 12.8 Å². The Bertz CT molecular complexity index is 1250. The molecule has 2 heterocycles. The van der Waals surface area contributed by atoms with E-state index in [1.807, 2.05) is 0 Å². The number of ether oxygens (including phenoxy) is 3. The van der Waals surface area contributed by atoms with E-state index in [0.29, 0.717) is 45.9 Å². The highest BCUT2D eigenvalue weighted by Crippen LogP contribution is 2.37. The van der Waals surface area contributed by atoms with Crippen LogP contribution in [0.15, 0.2) is 60.7 Å². The van der Waals surface area contributed by atoms with E-state index in [4.69, 9.17) is 25.8 Å². The van der Waals surface area contributed by atoms with Crippen molar-refractivity contribution in [3.05, 3.63) is 76.8 Å². The Balaban J connectivity index is 1.32.